The maximum atomic E-state index is 12.4. The highest BCUT2D eigenvalue weighted by molar-refractivity contribution is 9.10. The molecule has 1 aromatic heterocycles. The van der Waals surface area contributed by atoms with Gasteiger partial charge in [-0.05, 0) is 46.6 Å². The van der Waals surface area contributed by atoms with Gasteiger partial charge in [-0.25, -0.2) is 4.98 Å². The van der Waals surface area contributed by atoms with Crippen LogP contribution in [-0.2, 0) is 4.79 Å². The quantitative estimate of drug-likeness (QED) is 0.791. The summed E-state index contributed by atoms with van der Waals surface area (Å²) < 4.78 is 0.952. The minimum Gasteiger partial charge on any atom is -0.353 e. The van der Waals surface area contributed by atoms with Gasteiger partial charge in [0.05, 0.1) is 0 Å². The molecule has 0 atom stereocenters. The maximum absolute atomic E-state index is 12.4. The van der Waals surface area contributed by atoms with E-state index < -0.39 is 0 Å². The van der Waals surface area contributed by atoms with E-state index in [2.05, 4.69) is 31.1 Å². The first-order valence-electron chi connectivity index (χ1n) is 9.02. The summed E-state index contributed by atoms with van der Waals surface area (Å²) in [6, 6.07) is 11.4. The summed E-state index contributed by atoms with van der Waals surface area (Å²) in [5.74, 6) is 0.867. The molecule has 0 unspecified atom stereocenters. The summed E-state index contributed by atoms with van der Waals surface area (Å²) in [7, 11) is 0. The van der Waals surface area contributed by atoms with Gasteiger partial charge in [-0.15, -0.1) is 0 Å². The van der Waals surface area contributed by atoms with Crippen molar-refractivity contribution in [2.75, 3.05) is 37.6 Å². The Morgan fingerprint density at radius 3 is 2.52 bits per heavy atom. The predicted octanol–water partition coefficient (Wildman–Crippen LogP) is 2.62. The van der Waals surface area contributed by atoms with Crippen LogP contribution in [0, 0.1) is 6.92 Å². The molecule has 0 radical (unpaired) electrons. The van der Waals surface area contributed by atoms with Gasteiger partial charge in [-0.2, -0.15) is 0 Å². The third-order valence-corrected chi connectivity index (χ3v) is 5.15. The molecular formula is C20H23BrN4O2. The largest absolute Gasteiger partial charge is 0.353 e. The number of amides is 2. The number of benzene rings is 1. The molecule has 3 rings (SSSR count). The molecule has 1 saturated heterocycles. The van der Waals surface area contributed by atoms with Crippen LogP contribution < -0.4 is 10.2 Å². The number of carbonyl (C=O) groups is 2. The minimum atomic E-state index is -0.132. The van der Waals surface area contributed by atoms with Gasteiger partial charge in [0.1, 0.15) is 5.82 Å². The molecule has 0 spiro atoms. The van der Waals surface area contributed by atoms with Crippen LogP contribution in [-0.4, -0.2) is 54.4 Å². The number of piperazine rings is 1. The molecule has 1 N–H and O–H groups in total. The highest BCUT2D eigenvalue weighted by atomic mass is 79.9. The molecular weight excluding hydrogens is 408 g/mol. The lowest BCUT2D eigenvalue weighted by atomic mass is 10.1. The number of halogens is 1. The van der Waals surface area contributed by atoms with E-state index >= 15 is 0 Å². The highest BCUT2D eigenvalue weighted by Gasteiger charge is 2.21. The number of rotatable bonds is 5. The Morgan fingerprint density at radius 1 is 1.11 bits per heavy atom. The number of hydrogen-bond acceptors (Lipinski definition) is 4. The number of nitrogens with one attached hydrogen (secondary N) is 1. The summed E-state index contributed by atoms with van der Waals surface area (Å²) in [5, 5.41) is 2.84. The molecule has 0 aliphatic carbocycles. The summed E-state index contributed by atoms with van der Waals surface area (Å²) in [6.07, 6.45) is 2.10. The van der Waals surface area contributed by atoms with Gasteiger partial charge in [0.25, 0.3) is 5.91 Å². The average Bonchev–Trinajstić information content (AvgIpc) is 2.69. The third kappa shape index (κ3) is 5.07. The molecule has 2 amide bonds. The van der Waals surface area contributed by atoms with Gasteiger partial charge in [0.2, 0.25) is 5.91 Å². The van der Waals surface area contributed by atoms with Crippen LogP contribution in [0.2, 0.25) is 0 Å². The van der Waals surface area contributed by atoms with Crippen LogP contribution in [0.3, 0.4) is 0 Å². The van der Waals surface area contributed by atoms with Gasteiger partial charge in [-0.3, -0.25) is 9.59 Å². The van der Waals surface area contributed by atoms with Crippen molar-refractivity contribution in [2.45, 2.75) is 13.3 Å². The topological polar surface area (TPSA) is 65.5 Å². The van der Waals surface area contributed by atoms with E-state index in [0.717, 1.165) is 28.9 Å². The number of carbonyl (C=O) groups excluding carboxylic acids is 2. The smallest absolute Gasteiger partial charge is 0.251 e. The zero-order chi connectivity index (χ0) is 19.2. The number of pyridine rings is 1. The van der Waals surface area contributed by atoms with E-state index in [-0.39, 0.29) is 11.8 Å². The normalized spacial score (nSPS) is 14.1. The van der Waals surface area contributed by atoms with E-state index in [1.54, 1.807) is 12.3 Å². The van der Waals surface area contributed by atoms with Crippen molar-refractivity contribution in [3.8, 4) is 0 Å². The molecule has 0 saturated carbocycles. The third-order valence-electron chi connectivity index (χ3n) is 4.68. The van der Waals surface area contributed by atoms with Gasteiger partial charge in [-0.1, -0.05) is 18.2 Å². The van der Waals surface area contributed by atoms with Gasteiger partial charge in [0.15, 0.2) is 0 Å². The zero-order valence-corrected chi connectivity index (χ0v) is 16.9. The van der Waals surface area contributed by atoms with E-state index in [1.807, 2.05) is 42.2 Å². The van der Waals surface area contributed by atoms with Crippen molar-refractivity contribution in [2.24, 2.45) is 0 Å². The average molecular weight is 431 g/mol. The van der Waals surface area contributed by atoms with E-state index in [0.29, 0.717) is 31.6 Å². The lowest BCUT2D eigenvalue weighted by Gasteiger charge is -2.35. The van der Waals surface area contributed by atoms with Crippen LogP contribution in [0.5, 0.6) is 0 Å². The fourth-order valence-corrected chi connectivity index (χ4v) is 3.34. The second-order valence-electron chi connectivity index (χ2n) is 6.52. The van der Waals surface area contributed by atoms with Crippen molar-refractivity contribution < 1.29 is 9.59 Å². The summed E-state index contributed by atoms with van der Waals surface area (Å²) in [5.41, 5.74) is 1.58. The van der Waals surface area contributed by atoms with E-state index in [9.17, 15) is 9.59 Å². The van der Waals surface area contributed by atoms with Crippen molar-refractivity contribution in [1.29, 1.82) is 0 Å². The predicted molar refractivity (Wildman–Crippen MR) is 109 cm³/mol. The van der Waals surface area contributed by atoms with Gasteiger partial charge < -0.3 is 15.1 Å². The van der Waals surface area contributed by atoms with Crippen LogP contribution >= 0.6 is 15.9 Å². The highest BCUT2D eigenvalue weighted by Crippen LogP contribution is 2.16. The van der Waals surface area contributed by atoms with Crippen molar-refractivity contribution >= 4 is 33.6 Å². The van der Waals surface area contributed by atoms with Crippen LogP contribution in [0.1, 0.15) is 22.3 Å². The van der Waals surface area contributed by atoms with Crippen molar-refractivity contribution in [3.05, 3.63) is 58.2 Å². The molecule has 2 heterocycles. The zero-order valence-electron chi connectivity index (χ0n) is 15.3. The first-order valence-corrected chi connectivity index (χ1v) is 9.82. The number of aryl methyl sites for hydroxylation is 1. The molecule has 1 fully saturated rings. The summed E-state index contributed by atoms with van der Waals surface area (Å²) in [4.78, 5) is 33.0. The summed E-state index contributed by atoms with van der Waals surface area (Å²) >= 11 is 3.39. The van der Waals surface area contributed by atoms with Gasteiger partial charge in [0, 0.05) is 55.4 Å². The Bertz CT molecular complexity index is 802. The van der Waals surface area contributed by atoms with Crippen LogP contribution in [0.15, 0.2) is 47.1 Å². The first-order chi connectivity index (χ1) is 13.0. The van der Waals surface area contributed by atoms with Crippen molar-refractivity contribution in [3.63, 3.8) is 0 Å². The second-order valence-corrected chi connectivity index (χ2v) is 7.44. The summed E-state index contributed by atoms with van der Waals surface area (Å²) in [6.45, 7) is 5.11. The number of nitrogens with zero attached hydrogens (tertiary/aromatic N) is 3. The fourth-order valence-electron chi connectivity index (χ4n) is 3.10. The Balaban J connectivity index is 1.42. The van der Waals surface area contributed by atoms with Crippen LogP contribution in [0.25, 0.3) is 0 Å². The molecule has 6 nitrogen and oxygen atoms in total. The standard InChI is InChI=1S/C20H23BrN4O2/c1-15-4-2-3-5-17(15)20(27)22-9-8-19(26)25-12-10-24(11-13-25)18-7-6-16(21)14-23-18/h2-7,14H,8-13H2,1H3,(H,22,27). The Morgan fingerprint density at radius 2 is 1.85 bits per heavy atom. The molecule has 7 heteroatoms. The molecule has 142 valence electrons. The molecule has 1 aliphatic heterocycles. The Hall–Kier alpha value is -2.41. The second kappa shape index (κ2) is 8.99. The monoisotopic (exact) mass is 430 g/mol. The number of aromatic nitrogens is 1. The van der Waals surface area contributed by atoms with Crippen LogP contribution in [0.4, 0.5) is 5.82 Å². The van der Waals surface area contributed by atoms with Crippen molar-refractivity contribution in [1.82, 2.24) is 15.2 Å². The number of hydrogen-bond donors (Lipinski definition) is 1. The Kier molecular flexibility index (Phi) is 6.45. The first kappa shape index (κ1) is 19.4. The molecule has 1 aliphatic rings. The van der Waals surface area contributed by atoms with E-state index in [4.69, 9.17) is 0 Å². The number of anilines is 1. The van der Waals surface area contributed by atoms with E-state index in [1.165, 1.54) is 0 Å². The minimum absolute atomic E-state index is 0.0727. The Labute approximate surface area is 167 Å². The molecule has 0 bridgehead atoms. The maximum Gasteiger partial charge on any atom is 0.251 e. The SMILES string of the molecule is Cc1ccccc1C(=O)NCCC(=O)N1CCN(c2ccc(Br)cn2)CC1. The molecule has 27 heavy (non-hydrogen) atoms. The molecule has 2 aromatic rings. The lowest BCUT2D eigenvalue weighted by Crippen LogP contribution is -2.49. The lowest BCUT2D eigenvalue weighted by molar-refractivity contribution is -0.131. The fraction of sp³-hybridized carbons (Fsp3) is 0.350. The van der Waals surface area contributed by atoms with Gasteiger partial charge >= 0.3 is 0 Å². The molecule has 1 aromatic carbocycles.